The van der Waals surface area contributed by atoms with Gasteiger partial charge in [-0.05, 0) is 101 Å². The fraction of sp³-hybridized carbons (Fsp3) is 0.312. The Hall–Kier alpha value is -6.94. The molecule has 0 bridgehead atoms. The van der Waals surface area contributed by atoms with Crippen LogP contribution in [0, 0.1) is 0 Å². The summed E-state index contributed by atoms with van der Waals surface area (Å²) in [6, 6.07) is 27.4. The van der Waals surface area contributed by atoms with Crippen molar-refractivity contribution in [3.05, 3.63) is 144 Å². The van der Waals surface area contributed by atoms with Crippen LogP contribution in [0.1, 0.15) is 65.2 Å². The minimum Gasteiger partial charge on any atom is -0.448 e. The number of fused-ring (bicyclic) bond motifs is 1. The molecular weight excluding hydrogens is 839 g/mol. The first-order chi connectivity index (χ1) is 30.4. The zero-order valence-electron chi connectivity index (χ0n) is 36.4. The predicted octanol–water partition coefficient (Wildman–Crippen LogP) is 6.99. The smallest absolute Gasteiger partial charge is 0.448 e. The van der Waals surface area contributed by atoms with E-state index in [-0.39, 0.29) is 35.6 Å². The number of hydrogen-bond donors (Lipinski definition) is 2. The summed E-state index contributed by atoms with van der Waals surface area (Å²) in [5.41, 5.74) is 1.85. The molecule has 0 spiro atoms. The standard InChI is InChI=1S/C48H49N5O10S/c1-47(2,3)62-45(58)50-38-42(56)53-39(44(57)61-40(30-14-9-7-10-15-30)31-16-11-8-12-17-31)33(29-64-43(38)53)26-32-23-25-52(41(32)55)35-18-13-24-51(27-35)28-37(54)49-34-19-21-36(22-20-34)60-46(59)63-48(4,5)6/h7-22,24,26-27,38,40,43H,23,25,28-29H2,1-6H3,(H-,49,50,54,58)/p+1. The number of rotatable bonds is 11. The molecular formula is C48H50N5O10S+. The lowest BCUT2D eigenvalue weighted by Crippen LogP contribution is -2.70. The van der Waals surface area contributed by atoms with Gasteiger partial charge in [0.15, 0.2) is 18.5 Å². The SMILES string of the molecule is CC(C)(C)OC(=O)NC1C(=O)N2C(C(=O)OC(c3ccccc3)c3ccccc3)=C(C=C3CCN(c4ccc[n+](CC(=O)Nc5ccc(OC(=O)OC(C)(C)C)cc5)c4)C3=O)CSC12. The number of esters is 1. The molecule has 4 amide bonds. The van der Waals surface area contributed by atoms with Crippen LogP contribution in [0.4, 0.5) is 21.0 Å². The van der Waals surface area contributed by atoms with Crippen LogP contribution in [0.15, 0.2) is 132 Å². The predicted molar refractivity (Wildman–Crippen MR) is 238 cm³/mol. The minimum atomic E-state index is -0.947. The first kappa shape index (κ1) is 45.1. The summed E-state index contributed by atoms with van der Waals surface area (Å²) in [5, 5.41) is 4.86. The van der Waals surface area contributed by atoms with Crippen LogP contribution in [0.5, 0.6) is 5.75 Å². The molecule has 4 aromatic rings. The first-order valence-electron chi connectivity index (χ1n) is 20.7. The van der Waals surface area contributed by atoms with Gasteiger partial charge in [-0.1, -0.05) is 60.7 Å². The Morgan fingerprint density at radius 2 is 1.48 bits per heavy atom. The Balaban J connectivity index is 1.09. The number of amides is 4. The van der Waals surface area contributed by atoms with Crippen molar-refractivity contribution < 1.29 is 52.3 Å². The number of carbonyl (C=O) groups excluding carboxylic acids is 6. The van der Waals surface area contributed by atoms with Crippen LogP contribution < -0.4 is 24.8 Å². The van der Waals surface area contributed by atoms with Crippen LogP contribution in [-0.2, 0) is 39.9 Å². The molecule has 332 valence electrons. The highest BCUT2D eigenvalue weighted by Crippen LogP contribution is 2.43. The van der Waals surface area contributed by atoms with Gasteiger partial charge >= 0.3 is 18.2 Å². The number of hydrogen-bond acceptors (Lipinski definition) is 11. The molecule has 0 radical (unpaired) electrons. The molecule has 3 aromatic carbocycles. The van der Waals surface area contributed by atoms with E-state index in [1.807, 2.05) is 60.7 Å². The average Bonchev–Trinajstić information content (AvgIpc) is 3.60. The molecule has 0 aliphatic carbocycles. The van der Waals surface area contributed by atoms with Crippen molar-refractivity contribution in [1.29, 1.82) is 0 Å². The summed E-state index contributed by atoms with van der Waals surface area (Å²) in [6.45, 7) is 10.6. The van der Waals surface area contributed by atoms with Gasteiger partial charge in [0.25, 0.3) is 17.7 Å². The Labute approximate surface area is 375 Å². The zero-order valence-corrected chi connectivity index (χ0v) is 37.2. The maximum Gasteiger partial charge on any atom is 0.514 e. The molecule has 64 heavy (non-hydrogen) atoms. The van der Waals surface area contributed by atoms with Crippen molar-refractivity contribution in [3.8, 4) is 5.75 Å². The van der Waals surface area contributed by atoms with Crippen molar-refractivity contribution in [2.45, 2.75) is 83.2 Å². The number of aromatic nitrogens is 1. The minimum absolute atomic E-state index is 0.000345. The summed E-state index contributed by atoms with van der Waals surface area (Å²) >= 11 is 1.35. The van der Waals surface area contributed by atoms with Crippen molar-refractivity contribution in [3.63, 3.8) is 0 Å². The van der Waals surface area contributed by atoms with Crippen molar-refractivity contribution >= 4 is 59.1 Å². The fourth-order valence-corrected chi connectivity index (χ4v) is 8.54. The van der Waals surface area contributed by atoms with Gasteiger partial charge in [-0.25, -0.2) is 14.4 Å². The van der Waals surface area contributed by atoms with Crippen LogP contribution in [0.3, 0.4) is 0 Å². The lowest BCUT2D eigenvalue weighted by atomic mass is 10.00. The monoisotopic (exact) mass is 888 g/mol. The van der Waals surface area contributed by atoms with Crippen LogP contribution in [-0.4, -0.2) is 75.8 Å². The number of alkyl carbamates (subject to hydrolysis) is 1. The molecule has 2 unspecified atom stereocenters. The summed E-state index contributed by atoms with van der Waals surface area (Å²) in [6.07, 6.45) is 3.02. The Morgan fingerprint density at radius 3 is 2.11 bits per heavy atom. The van der Waals surface area contributed by atoms with Gasteiger partial charge in [-0.3, -0.25) is 19.3 Å². The molecule has 0 saturated carbocycles. The van der Waals surface area contributed by atoms with Gasteiger partial charge in [0.05, 0.1) is 0 Å². The number of allylic oxidation sites excluding steroid dienone is 1. The van der Waals surface area contributed by atoms with Crippen LogP contribution >= 0.6 is 11.8 Å². The lowest BCUT2D eigenvalue weighted by Gasteiger charge is -2.49. The highest BCUT2D eigenvalue weighted by Gasteiger charge is 2.55. The number of β-lactam (4-membered cyclic amide) rings is 1. The molecule has 2 saturated heterocycles. The largest absolute Gasteiger partial charge is 0.514 e. The van der Waals surface area contributed by atoms with Crippen molar-refractivity contribution in [2.24, 2.45) is 0 Å². The fourth-order valence-electron chi connectivity index (χ4n) is 7.24. The quantitative estimate of drug-likeness (QED) is 0.0397. The van der Waals surface area contributed by atoms with E-state index in [1.54, 1.807) is 93.7 Å². The molecule has 16 heteroatoms. The zero-order chi connectivity index (χ0) is 45.8. The third kappa shape index (κ3) is 11.0. The Kier molecular flexibility index (Phi) is 13.3. The Bertz CT molecular complexity index is 2460. The molecule has 4 heterocycles. The van der Waals surface area contributed by atoms with E-state index in [2.05, 4.69) is 10.6 Å². The average molecular weight is 889 g/mol. The number of anilines is 2. The molecule has 2 fully saturated rings. The first-order valence-corrected chi connectivity index (χ1v) is 21.8. The second-order valence-corrected chi connectivity index (χ2v) is 18.4. The van der Waals surface area contributed by atoms with Gasteiger partial charge in [-0.2, -0.15) is 4.57 Å². The summed E-state index contributed by atoms with van der Waals surface area (Å²) in [4.78, 5) is 83.2. The van der Waals surface area contributed by atoms with E-state index in [4.69, 9.17) is 18.9 Å². The number of ether oxygens (including phenoxy) is 4. The normalized spacial score (nSPS) is 18.0. The highest BCUT2D eigenvalue weighted by molar-refractivity contribution is 8.00. The lowest BCUT2D eigenvalue weighted by molar-refractivity contribution is -0.683. The molecule has 2 N–H and O–H groups in total. The summed E-state index contributed by atoms with van der Waals surface area (Å²) < 4.78 is 23.7. The third-order valence-electron chi connectivity index (χ3n) is 9.98. The van der Waals surface area contributed by atoms with E-state index < -0.39 is 52.8 Å². The van der Waals surface area contributed by atoms with Crippen molar-refractivity contribution in [2.75, 3.05) is 22.5 Å². The van der Waals surface area contributed by atoms with E-state index in [9.17, 15) is 28.8 Å². The van der Waals surface area contributed by atoms with E-state index in [1.165, 1.54) is 28.8 Å². The van der Waals surface area contributed by atoms with E-state index >= 15 is 0 Å². The number of nitrogens with one attached hydrogen (secondary N) is 2. The van der Waals surface area contributed by atoms with E-state index in [0.29, 0.717) is 35.5 Å². The van der Waals surface area contributed by atoms with Gasteiger partial charge < -0.3 is 34.5 Å². The maximum atomic E-state index is 14.5. The van der Waals surface area contributed by atoms with Crippen LogP contribution in [0.25, 0.3) is 0 Å². The maximum absolute atomic E-state index is 14.5. The number of nitrogens with zero attached hydrogens (tertiary/aromatic N) is 3. The summed E-state index contributed by atoms with van der Waals surface area (Å²) in [7, 11) is 0. The van der Waals surface area contributed by atoms with Gasteiger partial charge in [0.2, 0.25) is 6.54 Å². The second-order valence-electron chi connectivity index (χ2n) is 17.3. The van der Waals surface area contributed by atoms with Crippen LogP contribution in [0.2, 0.25) is 0 Å². The summed E-state index contributed by atoms with van der Waals surface area (Å²) in [5.74, 6) is -1.40. The number of thioether (sulfide) groups is 1. The molecule has 3 aliphatic heterocycles. The topological polar surface area (TPSA) is 174 Å². The van der Waals surface area contributed by atoms with E-state index in [0.717, 1.165) is 11.1 Å². The number of carbonyl (C=O) groups is 6. The van der Waals surface area contributed by atoms with Crippen molar-refractivity contribution in [1.82, 2.24) is 10.2 Å². The second kappa shape index (κ2) is 18.8. The number of pyridine rings is 1. The van der Waals surface area contributed by atoms with Gasteiger partial charge in [0.1, 0.15) is 39.8 Å². The highest BCUT2D eigenvalue weighted by atomic mass is 32.2. The molecule has 7 rings (SSSR count). The van der Waals surface area contributed by atoms with Gasteiger partial charge in [-0.15, -0.1) is 11.8 Å². The number of benzene rings is 3. The Morgan fingerprint density at radius 1 is 0.844 bits per heavy atom. The molecule has 2 atom stereocenters. The molecule has 3 aliphatic rings. The molecule has 15 nitrogen and oxygen atoms in total. The third-order valence-corrected chi connectivity index (χ3v) is 11.3. The van der Waals surface area contributed by atoms with Gasteiger partial charge in [0, 0.05) is 29.6 Å². The molecule has 1 aromatic heterocycles.